The molecule has 0 spiro atoms. The zero-order valence-electron chi connectivity index (χ0n) is 15.1. The van der Waals surface area contributed by atoms with Crippen molar-refractivity contribution in [3.05, 3.63) is 66.1 Å². The highest BCUT2D eigenvalue weighted by molar-refractivity contribution is 7.92. The first-order valence-electron chi connectivity index (χ1n) is 8.58. The Morgan fingerprint density at radius 1 is 1.04 bits per heavy atom. The Bertz CT molecular complexity index is 999. The molecule has 0 aliphatic carbocycles. The van der Waals surface area contributed by atoms with Gasteiger partial charge in [0.1, 0.15) is 5.76 Å². The molecule has 7 heteroatoms. The summed E-state index contributed by atoms with van der Waals surface area (Å²) in [7, 11) is -3.31. The van der Waals surface area contributed by atoms with Gasteiger partial charge in [-0.15, -0.1) is 0 Å². The molecule has 6 nitrogen and oxygen atoms in total. The predicted molar refractivity (Wildman–Crippen MR) is 101 cm³/mol. The summed E-state index contributed by atoms with van der Waals surface area (Å²) >= 11 is 0. The maximum Gasteiger partial charge on any atom is 0.224 e. The molecule has 2 heterocycles. The zero-order chi connectivity index (χ0) is 19.4. The molecule has 0 aliphatic heterocycles. The Morgan fingerprint density at radius 2 is 1.78 bits per heavy atom. The van der Waals surface area contributed by atoms with Gasteiger partial charge in [0, 0.05) is 0 Å². The summed E-state index contributed by atoms with van der Waals surface area (Å²) in [6.07, 6.45) is 1.73. The molecule has 0 bridgehead atoms. The molecular formula is C20H21NO5S. The molecule has 1 aromatic carbocycles. The summed E-state index contributed by atoms with van der Waals surface area (Å²) in [6.45, 7) is 3.55. The van der Waals surface area contributed by atoms with E-state index < -0.39 is 15.1 Å². The highest BCUT2D eigenvalue weighted by atomic mass is 32.2. The Kier molecular flexibility index (Phi) is 5.51. The molecule has 1 N–H and O–H groups in total. The van der Waals surface area contributed by atoms with Crippen molar-refractivity contribution < 1.29 is 22.0 Å². The number of hydrogen-bond donors (Lipinski definition) is 1. The van der Waals surface area contributed by atoms with Crippen molar-refractivity contribution in [2.75, 3.05) is 0 Å². The summed E-state index contributed by atoms with van der Waals surface area (Å²) in [6, 6.07) is 13.5. The molecule has 0 saturated carbocycles. The molecule has 0 aliphatic rings. The van der Waals surface area contributed by atoms with Crippen molar-refractivity contribution >= 4 is 15.7 Å². The molecule has 27 heavy (non-hydrogen) atoms. The first-order chi connectivity index (χ1) is 12.9. The highest BCUT2D eigenvalue weighted by Gasteiger charge is 2.18. The molecule has 1 amide bonds. The van der Waals surface area contributed by atoms with E-state index >= 15 is 0 Å². The average Bonchev–Trinajstić information content (AvgIpc) is 3.32. The number of nitrogens with one attached hydrogen (secondary N) is 1. The second kappa shape index (κ2) is 7.84. The molecule has 0 fully saturated rings. The summed E-state index contributed by atoms with van der Waals surface area (Å²) in [5.74, 6) is 1.67. The van der Waals surface area contributed by atoms with E-state index in [4.69, 9.17) is 8.83 Å². The van der Waals surface area contributed by atoms with Crippen LogP contribution in [0.25, 0.3) is 11.5 Å². The Labute approximate surface area is 158 Å². The van der Waals surface area contributed by atoms with Crippen molar-refractivity contribution in [3.8, 4) is 11.5 Å². The lowest BCUT2D eigenvalue weighted by molar-refractivity contribution is -0.120. The summed E-state index contributed by atoms with van der Waals surface area (Å²) in [4.78, 5) is 12.4. The van der Waals surface area contributed by atoms with Crippen molar-refractivity contribution in [2.45, 2.75) is 37.0 Å². The van der Waals surface area contributed by atoms with Crippen LogP contribution in [0.15, 0.2) is 68.5 Å². The van der Waals surface area contributed by atoms with Gasteiger partial charge in [0.05, 0.1) is 29.4 Å². The number of amides is 1. The van der Waals surface area contributed by atoms with Crippen molar-refractivity contribution in [1.29, 1.82) is 0 Å². The second-order valence-corrected chi connectivity index (χ2v) is 8.94. The average molecular weight is 387 g/mol. The molecule has 0 unspecified atom stereocenters. The number of benzene rings is 1. The number of carbonyl (C=O) groups excluding carboxylic acids is 1. The van der Waals surface area contributed by atoms with Gasteiger partial charge in [0.2, 0.25) is 5.91 Å². The van der Waals surface area contributed by atoms with Crippen LogP contribution in [0.3, 0.4) is 0 Å². The third-order valence-corrected chi connectivity index (χ3v) is 6.29. The molecule has 0 radical (unpaired) electrons. The first kappa shape index (κ1) is 19.0. The number of hydrogen-bond acceptors (Lipinski definition) is 5. The Morgan fingerprint density at radius 3 is 2.41 bits per heavy atom. The standard InChI is InChI=1S/C20H21NO5S/c1-14(2)27(23,24)17-8-5-15(6-9-17)12-20(22)21-13-16-7-10-19(26-16)18-4-3-11-25-18/h3-11,14H,12-13H2,1-2H3,(H,21,22). The smallest absolute Gasteiger partial charge is 0.224 e. The van der Waals surface area contributed by atoms with E-state index in [1.807, 2.05) is 0 Å². The topological polar surface area (TPSA) is 89.5 Å². The van der Waals surface area contributed by atoms with E-state index in [0.717, 1.165) is 5.56 Å². The molecular weight excluding hydrogens is 366 g/mol. The van der Waals surface area contributed by atoms with Gasteiger partial charge in [-0.2, -0.15) is 0 Å². The molecule has 3 aromatic rings. The summed E-state index contributed by atoms with van der Waals surface area (Å²) < 4.78 is 35.1. The number of furan rings is 2. The maximum atomic E-state index is 12.1. The zero-order valence-corrected chi connectivity index (χ0v) is 16.0. The van der Waals surface area contributed by atoms with Crippen LogP contribution in [0, 0.1) is 0 Å². The SMILES string of the molecule is CC(C)S(=O)(=O)c1ccc(CC(=O)NCc2ccc(-c3ccco3)o2)cc1. The highest BCUT2D eigenvalue weighted by Crippen LogP contribution is 2.22. The van der Waals surface area contributed by atoms with Crippen LogP contribution >= 0.6 is 0 Å². The van der Waals surface area contributed by atoms with Gasteiger partial charge in [-0.3, -0.25) is 4.79 Å². The Balaban J connectivity index is 1.55. The molecule has 0 saturated heterocycles. The second-order valence-electron chi connectivity index (χ2n) is 6.43. The number of rotatable bonds is 7. The molecule has 3 rings (SSSR count). The van der Waals surface area contributed by atoms with Crippen molar-refractivity contribution in [3.63, 3.8) is 0 Å². The van der Waals surface area contributed by atoms with E-state index in [-0.39, 0.29) is 23.8 Å². The fourth-order valence-electron chi connectivity index (χ4n) is 2.53. The number of carbonyl (C=O) groups is 1. The molecule has 142 valence electrons. The van der Waals surface area contributed by atoms with Gasteiger partial charge in [0.15, 0.2) is 21.4 Å². The van der Waals surface area contributed by atoms with E-state index in [0.29, 0.717) is 17.3 Å². The van der Waals surface area contributed by atoms with Gasteiger partial charge in [-0.05, 0) is 55.8 Å². The lowest BCUT2D eigenvalue weighted by atomic mass is 10.1. The minimum atomic E-state index is -3.31. The predicted octanol–water partition coefficient (Wildman–Crippen LogP) is 3.58. The summed E-state index contributed by atoms with van der Waals surface area (Å²) in [5, 5.41) is 2.31. The summed E-state index contributed by atoms with van der Waals surface area (Å²) in [5.41, 5.74) is 0.742. The lowest BCUT2D eigenvalue weighted by Crippen LogP contribution is -2.24. The van der Waals surface area contributed by atoms with Crippen molar-refractivity contribution in [1.82, 2.24) is 5.32 Å². The van der Waals surface area contributed by atoms with Gasteiger partial charge < -0.3 is 14.2 Å². The quantitative estimate of drug-likeness (QED) is 0.669. The lowest BCUT2D eigenvalue weighted by Gasteiger charge is -2.08. The van der Waals surface area contributed by atoms with E-state index in [1.54, 1.807) is 68.6 Å². The van der Waals surface area contributed by atoms with Crippen LogP contribution in [0.2, 0.25) is 0 Å². The fourth-order valence-corrected chi connectivity index (χ4v) is 3.59. The van der Waals surface area contributed by atoms with Crippen LogP contribution in [-0.2, 0) is 27.6 Å². The first-order valence-corrected chi connectivity index (χ1v) is 10.1. The monoisotopic (exact) mass is 387 g/mol. The molecule has 2 aromatic heterocycles. The minimum absolute atomic E-state index is 0.160. The van der Waals surface area contributed by atoms with E-state index in [2.05, 4.69) is 5.32 Å². The third kappa shape index (κ3) is 4.49. The van der Waals surface area contributed by atoms with Crippen LogP contribution in [-0.4, -0.2) is 19.6 Å². The van der Waals surface area contributed by atoms with Crippen LogP contribution in [0.1, 0.15) is 25.2 Å². The fraction of sp³-hybridized carbons (Fsp3) is 0.250. The van der Waals surface area contributed by atoms with E-state index in [1.165, 1.54) is 0 Å². The van der Waals surface area contributed by atoms with Gasteiger partial charge in [0.25, 0.3) is 0 Å². The van der Waals surface area contributed by atoms with Crippen molar-refractivity contribution in [2.24, 2.45) is 0 Å². The van der Waals surface area contributed by atoms with Crippen LogP contribution in [0.4, 0.5) is 0 Å². The van der Waals surface area contributed by atoms with E-state index in [9.17, 15) is 13.2 Å². The van der Waals surface area contributed by atoms with Crippen LogP contribution < -0.4 is 5.32 Å². The van der Waals surface area contributed by atoms with Crippen LogP contribution in [0.5, 0.6) is 0 Å². The van der Waals surface area contributed by atoms with Gasteiger partial charge in [-0.25, -0.2) is 8.42 Å². The number of sulfone groups is 1. The van der Waals surface area contributed by atoms with Gasteiger partial charge in [-0.1, -0.05) is 12.1 Å². The minimum Gasteiger partial charge on any atom is -0.461 e. The molecule has 0 atom stereocenters. The van der Waals surface area contributed by atoms with Gasteiger partial charge >= 0.3 is 0 Å². The Hall–Kier alpha value is -2.80. The third-order valence-electron chi connectivity index (χ3n) is 4.12. The normalized spacial score (nSPS) is 11.7. The maximum absolute atomic E-state index is 12.1. The largest absolute Gasteiger partial charge is 0.461 e.